The van der Waals surface area contributed by atoms with Crippen molar-refractivity contribution >= 4 is 17.4 Å². The zero-order chi connectivity index (χ0) is 15.2. The van der Waals surface area contributed by atoms with Crippen molar-refractivity contribution < 1.29 is 4.39 Å². The van der Waals surface area contributed by atoms with Gasteiger partial charge < -0.3 is 5.32 Å². The van der Waals surface area contributed by atoms with Gasteiger partial charge in [-0.25, -0.2) is 14.4 Å². The van der Waals surface area contributed by atoms with Gasteiger partial charge in [0.15, 0.2) is 5.82 Å². The number of anilines is 1. The second-order valence-electron chi connectivity index (χ2n) is 4.87. The van der Waals surface area contributed by atoms with Crippen molar-refractivity contribution in [3.05, 3.63) is 40.8 Å². The lowest BCUT2D eigenvalue weighted by atomic mass is 10.2. The van der Waals surface area contributed by atoms with Crippen molar-refractivity contribution in [2.45, 2.75) is 33.1 Å². The second kappa shape index (κ2) is 7.36. The summed E-state index contributed by atoms with van der Waals surface area (Å²) in [6.45, 7) is 5.06. The van der Waals surface area contributed by atoms with E-state index in [0.29, 0.717) is 5.82 Å². The molecule has 0 radical (unpaired) electrons. The van der Waals surface area contributed by atoms with Gasteiger partial charge in [-0.15, -0.1) is 0 Å². The highest BCUT2D eigenvalue weighted by Crippen LogP contribution is 2.24. The van der Waals surface area contributed by atoms with Crippen LogP contribution in [-0.2, 0) is 6.42 Å². The Morgan fingerprint density at radius 1 is 1.14 bits per heavy atom. The van der Waals surface area contributed by atoms with Crippen LogP contribution in [0.4, 0.5) is 10.2 Å². The summed E-state index contributed by atoms with van der Waals surface area (Å²) >= 11 is 5.84. The van der Waals surface area contributed by atoms with Crippen molar-refractivity contribution in [2.24, 2.45) is 0 Å². The first-order valence-corrected chi connectivity index (χ1v) is 7.59. The summed E-state index contributed by atoms with van der Waals surface area (Å²) in [5.74, 6) is 0.932. The molecule has 0 atom stereocenters. The number of benzene rings is 1. The number of nitrogens with one attached hydrogen (secondary N) is 1. The fraction of sp³-hybridized carbons (Fsp3) is 0.375. The highest BCUT2D eigenvalue weighted by atomic mass is 35.5. The summed E-state index contributed by atoms with van der Waals surface area (Å²) in [4.78, 5) is 9.03. The molecule has 5 heteroatoms. The Morgan fingerprint density at radius 3 is 2.62 bits per heavy atom. The van der Waals surface area contributed by atoms with Crippen molar-refractivity contribution in [3.63, 3.8) is 0 Å². The first-order valence-electron chi connectivity index (χ1n) is 7.21. The highest BCUT2D eigenvalue weighted by molar-refractivity contribution is 6.31. The summed E-state index contributed by atoms with van der Waals surface area (Å²) < 4.78 is 13.3. The molecule has 21 heavy (non-hydrogen) atoms. The normalized spacial score (nSPS) is 10.7. The number of halogens is 2. The van der Waals surface area contributed by atoms with E-state index in [0.717, 1.165) is 42.9 Å². The fourth-order valence-corrected chi connectivity index (χ4v) is 2.17. The molecule has 0 saturated carbocycles. The summed E-state index contributed by atoms with van der Waals surface area (Å²) in [6.07, 6.45) is 2.91. The molecule has 0 fully saturated rings. The van der Waals surface area contributed by atoms with Crippen LogP contribution >= 0.6 is 11.6 Å². The van der Waals surface area contributed by atoms with E-state index in [-0.39, 0.29) is 5.02 Å². The van der Waals surface area contributed by atoms with Gasteiger partial charge in [0.2, 0.25) is 0 Å². The van der Waals surface area contributed by atoms with E-state index in [4.69, 9.17) is 11.6 Å². The standard InChI is InChI=1S/C16H19ClFN3/c1-3-5-12-10-15(19-8-4-2)21-16(20-12)11-6-7-14(18)13(17)9-11/h6-7,9-10H,3-5,8H2,1-2H3,(H,19,20,21). The molecule has 0 amide bonds. The molecule has 2 rings (SSSR count). The molecule has 0 aliphatic heterocycles. The van der Waals surface area contributed by atoms with E-state index in [2.05, 4.69) is 29.1 Å². The Bertz CT molecular complexity index is 616. The molecular weight excluding hydrogens is 289 g/mol. The Morgan fingerprint density at radius 2 is 1.95 bits per heavy atom. The Hall–Kier alpha value is -1.68. The maximum Gasteiger partial charge on any atom is 0.161 e. The van der Waals surface area contributed by atoms with Crippen LogP contribution < -0.4 is 5.32 Å². The predicted octanol–water partition coefficient (Wildman–Crippen LogP) is 4.71. The van der Waals surface area contributed by atoms with Gasteiger partial charge in [-0.2, -0.15) is 0 Å². The van der Waals surface area contributed by atoms with E-state index in [1.54, 1.807) is 12.1 Å². The average molecular weight is 308 g/mol. The van der Waals surface area contributed by atoms with Gasteiger partial charge >= 0.3 is 0 Å². The molecule has 2 aromatic rings. The molecule has 0 aliphatic carbocycles. The molecule has 1 aromatic carbocycles. The lowest BCUT2D eigenvalue weighted by molar-refractivity contribution is 0.628. The number of hydrogen-bond donors (Lipinski definition) is 1. The van der Waals surface area contributed by atoms with Crippen molar-refractivity contribution in [1.82, 2.24) is 9.97 Å². The van der Waals surface area contributed by atoms with Gasteiger partial charge in [-0.05, 0) is 31.0 Å². The van der Waals surface area contributed by atoms with Gasteiger partial charge in [0, 0.05) is 23.9 Å². The summed E-state index contributed by atoms with van der Waals surface area (Å²) in [5, 5.41) is 3.35. The summed E-state index contributed by atoms with van der Waals surface area (Å²) in [7, 11) is 0. The Balaban J connectivity index is 2.40. The van der Waals surface area contributed by atoms with Gasteiger partial charge in [-0.3, -0.25) is 0 Å². The zero-order valence-electron chi connectivity index (χ0n) is 12.3. The third kappa shape index (κ3) is 4.14. The third-order valence-electron chi connectivity index (χ3n) is 3.02. The molecule has 1 heterocycles. The van der Waals surface area contributed by atoms with Crippen LogP contribution in [-0.4, -0.2) is 16.5 Å². The number of aromatic nitrogens is 2. The number of hydrogen-bond acceptors (Lipinski definition) is 3. The van der Waals surface area contributed by atoms with Gasteiger partial charge in [0.05, 0.1) is 5.02 Å². The van der Waals surface area contributed by atoms with E-state index in [1.807, 2.05) is 6.07 Å². The minimum Gasteiger partial charge on any atom is -0.370 e. The molecule has 112 valence electrons. The van der Waals surface area contributed by atoms with E-state index >= 15 is 0 Å². The van der Waals surface area contributed by atoms with Gasteiger partial charge in [0.25, 0.3) is 0 Å². The van der Waals surface area contributed by atoms with Crippen molar-refractivity contribution in [3.8, 4) is 11.4 Å². The van der Waals surface area contributed by atoms with Gasteiger partial charge in [0.1, 0.15) is 11.6 Å². The van der Waals surface area contributed by atoms with E-state index in [1.165, 1.54) is 6.07 Å². The van der Waals surface area contributed by atoms with Crippen LogP contribution in [0.2, 0.25) is 5.02 Å². The number of nitrogens with zero attached hydrogens (tertiary/aromatic N) is 2. The van der Waals surface area contributed by atoms with E-state index < -0.39 is 5.82 Å². The first kappa shape index (κ1) is 15.7. The topological polar surface area (TPSA) is 37.8 Å². The van der Waals surface area contributed by atoms with Crippen LogP contribution in [0.5, 0.6) is 0 Å². The first-order chi connectivity index (χ1) is 10.1. The number of rotatable bonds is 6. The average Bonchev–Trinajstić information content (AvgIpc) is 2.48. The summed E-state index contributed by atoms with van der Waals surface area (Å²) in [6, 6.07) is 6.52. The van der Waals surface area contributed by atoms with Crippen LogP contribution in [0.25, 0.3) is 11.4 Å². The van der Waals surface area contributed by atoms with Crippen LogP contribution in [0.1, 0.15) is 32.4 Å². The Labute approximate surface area is 129 Å². The molecule has 0 aliphatic rings. The molecule has 0 saturated heterocycles. The zero-order valence-corrected chi connectivity index (χ0v) is 13.0. The molecule has 0 bridgehead atoms. The lowest BCUT2D eigenvalue weighted by Gasteiger charge is -2.09. The minimum atomic E-state index is -0.436. The second-order valence-corrected chi connectivity index (χ2v) is 5.28. The predicted molar refractivity (Wildman–Crippen MR) is 85.2 cm³/mol. The molecule has 0 spiro atoms. The smallest absolute Gasteiger partial charge is 0.161 e. The van der Waals surface area contributed by atoms with Gasteiger partial charge in [-0.1, -0.05) is 31.9 Å². The number of aryl methyl sites for hydroxylation is 1. The molecule has 0 unspecified atom stereocenters. The van der Waals surface area contributed by atoms with E-state index in [9.17, 15) is 4.39 Å². The highest BCUT2D eigenvalue weighted by Gasteiger charge is 2.09. The third-order valence-corrected chi connectivity index (χ3v) is 3.31. The maximum absolute atomic E-state index is 13.3. The monoisotopic (exact) mass is 307 g/mol. The minimum absolute atomic E-state index is 0.0834. The molecular formula is C16H19ClFN3. The molecule has 3 nitrogen and oxygen atoms in total. The van der Waals surface area contributed by atoms with Crippen LogP contribution in [0.15, 0.2) is 24.3 Å². The Kier molecular flexibility index (Phi) is 5.51. The maximum atomic E-state index is 13.3. The van der Waals surface area contributed by atoms with Crippen LogP contribution in [0, 0.1) is 5.82 Å². The summed E-state index contributed by atoms with van der Waals surface area (Å²) in [5.41, 5.74) is 1.69. The van der Waals surface area contributed by atoms with Crippen LogP contribution in [0.3, 0.4) is 0 Å². The van der Waals surface area contributed by atoms with Crippen molar-refractivity contribution in [1.29, 1.82) is 0 Å². The molecule has 1 aromatic heterocycles. The largest absolute Gasteiger partial charge is 0.370 e. The quantitative estimate of drug-likeness (QED) is 0.839. The SMILES string of the molecule is CCCNc1cc(CCC)nc(-c2ccc(F)c(Cl)c2)n1. The fourth-order valence-electron chi connectivity index (χ4n) is 1.99. The molecule has 1 N–H and O–H groups in total. The lowest BCUT2D eigenvalue weighted by Crippen LogP contribution is -2.05. The van der Waals surface area contributed by atoms with Crippen molar-refractivity contribution in [2.75, 3.05) is 11.9 Å².